The third-order valence-corrected chi connectivity index (χ3v) is 8.13. The molecule has 2 aromatic carbocycles. The molecule has 9 heteroatoms. The van der Waals surface area contributed by atoms with E-state index in [1.54, 1.807) is 7.11 Å². The van der Waals surface area contributed by atoms with Crippen molar-refractivity contribution < 1.29 is 9.53 Å². The molecule has 2 N–H and O–H groups in total. The third-order valence-electron chi connectivity index (χ3n) is 8.13. The Labute approximate surface area is 226 Å². The van der Waals surface area contributed by atoms with Crippen LogP contribution in [0.4, 0.5) is 0 Å². The third kappa shape index (κ3) is 4.17. The molecule has 1 saturated heterocycles. The van der Waals surface area contributed by atoms with E-state index < -0.39 is 0 Å². The fourth-order valence-electron chi connectivity index (χ4n) is 5.81. The number of para-hydroxylation sites is 1. The van der Waals surface area contributed by atoms with Gasteiger partial charge in [0.05, 0.1) is 31.1 Å². The number of ether oxygens (including phenoxy) is 1. The second-order valence-corrected chi connectivity index (χ2v) is 11.0. The summed E-state index contributed by atoms with van der Waals surface area (Å²) >= 11 is 0. The van der Waals surface area contributed by atoms with Crippen molar-refractivity contribution in [1.82, 2.24) is 28.8 Å². The maximum Gasteiger partial charge on any atom is 0.254 e. The molecule has 1 amide bonds. The second kappa shape index (κ2) is 9.27. The summed E-state index contributed by atoms with van der Waals surface area (Å²) in [5, 5.41) is 5.59. The van der Waals surface area contributed by atoms with E-state index in [1.807, 2.05) is 41.2 Å². The van der Waals surface area contributed by atoms with Crippen molar-refractivity contribution in [3.8, 4) is 17.3 Å². The molecule has 0 unspecified atom stereocenters. The fraction of sp³-hybridized carbons (Fsp3) is 0.367. The highest BCUT2D eigenvalue weighted by atomic mass is 16.5. The van der Waals surface area contributed by atoms with Crippen molar-refractivity contribution in [3.63, 3.8) is 0 Å². The van der Waals surface area contributed by atoms with Crippen molar-refractivity contribution in [2.75, 3.05) is 26.7 Å². The number of aryl methyl sites for hydroxylation is 1. The number of hydrogen-bond acceptors (Lipinski definition) is 5. The highest BCUT2D eigenvalue weighted by Crippen LogP contribution is 2.38. The van der Waals surface area contributed by atoms with Gasteiger partial charge in [-0.25, -0.2) is 4.98 Å². The minimum absolute atomic E-state index is 0.00823. The highest BCUT2D eigenvalue weighted by molar-refractivity contribution is 6.00. The van der Waals surface area contributed by atoms with Crippen LogP contribution in [0.15, 0.2) is 54.9 Å². The average Bonchev–Trinajstić information content (AvgIpc) is 3.37. The number of aromatic nitrogens is 5. The van der Waals surface area contributed by atoms with Gasteiger partial charge < -0.3 is 24.5 Å². The Balaban J connectivity index is 1.41. The number of nitrogens with zero attached hydrogens (tertiary/aromatic N) is 6. The Kier molecular flexibility index (Phi) is 5.70. The summed E-state index contributed by atoms with van der Waals surface area (Å²) in [6.45, 7) is 3.54. The predicted molar refractivity (Wildman–Crippen MR) is 151 cm³/mol. The molecule has 2 fully saturated rings. The normalized spacial score (nSPS) is 15.8. The number of carbonyl (C=O) groups is 1. The number of nitrogens with two attached hydrogens (primary N) is 1. The van der Waals surface area contributed by atoms with Crippen LogP contribution in [0.3, 0.4) is 0 Å². The molecule has 7 rings (SSSR count). The molecule has 5 aromatic rings. The van der Waals surface area contributed by atoms with Crippen LogP contribution in [-0.4, -0.2) is 61.4 Å². The van der Waals surface area contributed by atoms with Crippen LogP contribution in [0, 0.1) is 11.8 Å². The molecule has 39 heavy (non-hydrogen) atoms. The largest absolute Gasteiger partial charge is 0.494 e. The number of imidazole rings is 1. The molecule has 0 atom stereocenters. The molecule has 4 heterocycles. The van der Waals surface area contributed by atoms with Crippen molar-refractivity contribution in [1.29, 1.82) is 0 Å². The number of amides is 1. The molecule has 9 nitrogen and oxygen atoms in total. The van der Waals surface area contributed by atoms with Gasteiger partial charge in [0.15, 0.2) is 5.82 Å². The Bertz CT molecular complexity index is 1700. The number of methoxy groups -OCH3 is 1. The molecule has 1 aliphatic carbocycles. The van der Waals surface area contributed by atoms with Crippen molar-refractivity contribution in [2.45, 2.75) is 25.9 Å². The van der Waals surface area contributed by atoms with Gasteiger partial charge in [0.2, 0.25) is 0 Å². The van der Waals surface area contributed by atoms with Crippen molar-refractivity contribution in [3.05, 3.63) is 66.0 Å². The zero-order valence-corrected chi connectivity index (χ0v) is 22.4. The average molecular weight is 524 g/mol. The summed E-state index contributed by atoms with van der Waals surface area (Å²) in [7, 11) is 3.58. The second-order valence-electron chi connectivity index (χ2n) is 11.0. The Morgan fingerprint density at radius 1 is 1.10 bits per heavy atom. The first-order valence-electron chi connectivity index (χ1n) is 13.7. The van der Waals surface area contributed by atoms with Crippen LogP contribution in [0.1, 0.15) is 28.8 Å². The number of rotatable bonds is 8. The SMILES string of the molecule is COc1cc(C(=O)N2CC(CN)C2)cc2nc(-c3cc4ccccc4n3CC3CC3)n(Cc3cnn(C)c3)c12. The summed E-state index contributed by atoms with van der Waals surface area (Å²) in [4.78, 5) is 20.4. The molecule has 0 bridgehead atoms. The highest BCUT2D eigenvalue weighted by Gasteiger charge is 2.32. The summed E-state index contributed by atoms with van der Waals surface area (Å²) < 4.78 is 12.4. The number of hydrogen-bond donors (Lipinski definition) is 1. The lowest BCUT2D eigenvalue weighted by molar-refractivity contribution is 0.0515. The standard InChI is InChI=1S/C30H33N7O2/c1-34-14-21(13-32-34)18-37-28-24(9-23(11-27(28)39-2)30(38)35-15-20(12-31)16-35)33-29(37)26-10-22-5-3-4-6-25(22)36(26)17-19-7-8-19/h3-6,9-11,13-14,19-20H,7-8,12,15-18,31H2,1-2H3. The number of fused-ring (bicyclic) bond motifs is 2. The van der Waals surface area contributed by atoms with Gasteiger partial charge >= 0.3 is 0 Å². The Morgan fingerprint density at radius 2 is 1.92 bits per heavy atom. The van der Waals surface area contributed by atoms with E-state index >= 15 is 0 Å². The zero-order chi connectivity index (χ0) is 26.7. The van der Waals surface area contributed by atoms with E-state index in [1.165, 1.54) is 23.7 Å². The molecule has 0 spiro atoms. The quantitative estimate of drug-likeness (QED) is 0.333. The smallest absolute Gasteiger partial charge is 0.254 e. The van der Waals surface area contributed by atoms with E-state index in [-0.39, 0.29) is 5.91 Å². The van der Waals surface area contributed by atoms with Gasteiger partial charge in [0.25, 0.3) is 5.91 Å². The van der Waals surface area contributed by atoms with Gasteiger partial charge in [-0.05, 0) is 49.6 Å². The van der Waals surface area contributed by atoms with Gasteiger partial charge in [0, 0.05) is 60.8 Å². The first-order valence-corrected chi connectivity index (χ1v) is 13.7. The van der Waals surface area contributed by atoms with Crippen LogP contribution in [0.25, 0.3) is 33.5 Å². The lowest BCUT2D eigenvalue weighted by atomic mass is 9.99. The van der Waals surface area contributed by atoms with E-state index in [9.17, 15) is 4.79 Å². The van der Waals surface area contributed by atoms with Crippen LogP contribution < -0.4 is 10.5 Å². The summed E-state index contributed by atoms with van der Waals surface area (Å²) in [6.07, 6.45) is 6.44. The maximum atomic E-state index is 13.3. The van der Waals surface area contributed by atoms with Crippen molar-refractivity contribution >= 4 is 27.8 Å². The number of benzene rings is 2. The van der Waals surface area contributed by atoms with Gasteiger partial charge in [-0.3, -0.25) is 9.48 Å². The van der Waals surface area contributed by atoms with Crippen LogP contribution in [0.5, 0.6) is 5.75 Å². The molecule has 2 aliphatic rings. The Morgan fingerprint density at radius 3 is 2.64 bits per heavy atom. The summed E-state index contributed by atoms with van der Waals surface area (Å²) in [6, 6.07) is 14.5. The predicted octanol–water partition coefficient (Wildman–Crippen LogP) is 3.89. The van der Waals surface area contributed by atoms with Crippen LogP contribution >= 0.6 is 0 Å². The van der Waals surface area contributed by atoms with Crippen LogP contribution in [-0.2, 0) is 20.1 Å². The zero-order valence-electron chi connectivity index (χ0n) is 22.4. The lowest BCUT2D eigenvalue weighted by Crippen LogP contribution is -2.52. The van der Waals surface area contributed by atoms with E-state index in [0.29, 0.717) is 49.3 Å². The minimum atomic E-state index is -0.00823. The molecular weight excluding hydrogens is 490 g/mol. The monoisotopic (exact) mass is 523 g/mol. The summed E-state index contributed by atoms with van der Waals surface area (Å²) in [5.74, 6) is 2.56. The van der Waals surface area contributed by atoms with Gasteiger partial charge in [-0.15, -0.1) is 0 Å². The van der Waals surface area contributed by atoms with Crippen molar-refractivity contribution in [2.24, 2.45) is 24.6 Å². The minimum Gasteiger partial charge on any atom is -0.494 e. The van der Waals surface area contributed by atoms with E-state index in [0.717, 1.165) is 34.7 Å². The number of likely N-dealkylation sites (tertiary alicyclic amines) is 1. The maximum absolute atomic E-state index is 13.3. The first kappa shape index (κ1) is 24.0. The fourth-order valence-corrected chi connectivity index (χ4v) is 5.81. The molecule has 200 valence electrons. The van der Waals surface area contributed by atoms with Gasteiger partial charge in [-0.1, -0.05) is 18.2 Å². The molecule has 0 radical (unpaired) electrons. The molecular formula is C30H33N7O2. The van der Waals surface area contributed by atoms with E-state index in [2.05, 4.69) is 44.6 Å². The van der Waals surface area contributed by atoms with E-state index in [4.69, 9.17) is 15.5 Å². The molecule has 1 saturated carbocycles. The lowest BCUT2D eigenvalue weighted by Gasteiger charge is -2.38. The molecule has 3 aromatic heterocycles. The Hall–Kier alpha value is -4.11. The van der Waals surface area contributed by atoms with Gasteiger partial charge in [0.1, 0.15) is 11.3 Å². The van der Waals surface area contributed by atoms with Crippen LogP contribution in [0.2, 0.25) is 0 Å². The first-order chi connectivity index (χ1) is 19.0. The number of carbonyl (C=O) groups excluding carboxylic acids is 1. The summed E-state index contributed by atoms with van der Waals surface area (Å²) in [5.41, 5.74) is 11.4. The van der Waals surface area contributed by atoms with Gasteiger partial charge in [-0.2, -0.15) is 5.10 Å². The molecule has 1 aliphatic heterocycles. The topological polar surface area (TPSA) is 96.1 Å².